The molecule has 3 aromatic carbocycles. The summed E-state index contributed by atoms with van der Waals surface area (Å²) in [5, 5.41) is 10.6. The zero-order valence-corrected chi connectivity index (χ0v) is 23.0. The average molecular weight is 547 g/mol. The van der Waals surface area contributed by atoms with Gasteiger partial charge in [-0.1, -0.05) is 36.4 Å². The van der Waals surface area contributed by atoms with E-state index in [1.165, 1.54) is 4.88 Å². The zero-order valence-electron chi connectivity index (χ0n) is 22.2. The van der Waals surface area contributed by atoms with Gasteiger partial charge in [0.2, 0.25) is 0 Å². The Labute approximate surface area is 235 Å². The number of fused-ring (bicyclic) bond motifs is 4. The van der Waals surface area contributed by atoms with Crippen LogP contribution in [-0.2, 0) is 0 Å². The Balaban J connectivity index is 1.45. The van der Waals surface area contributed by atoms with Crippen molar-refractivity contribution in [2.75, 3.05) is 24.4 Å². The minimum absolute atomic E-state index is 0.126. The number of nitrogens with one attached hydrogen (secondary N) is 1. The van der Waals surface area contributed by atoms with Gasteiger partial charge in [-0.3, -0.25) is 0 Å². The van der Waals surface area contributed by atoms with E-state index in [0.29, 0.717) is 17.3 Å². The van der Waals surface area contributed by atoms with Gasteiger partial charge >= 0.3 is 0 Å². The molecule has 2 aromatic heterocycles. The second-order valence-corrected chi connectivity index (χ2v) is 10.4. The van der Waals surface area contributed by atoms with E-state index >= 15 is 0 Å². The fourth-order valence-corrected chi connectivity index (χ4v) is 6.14. The molecule has 9 heteroatoms. The molecule has 0 amide bonds. The summed E-state index contributed by atoms with van der Waals surface area (Å²) in [6.07, 6.45) is 0. The van der Waals surface area contributed by atoms with Crippen LogP contribution in [0, 0.1) is 6.92 Å². The highest BCUT2D eigenvalue weighted by molar-refractivity contribution is 7.10. The number of ether oxygens (including phenoxy) is 2. The van der Waals surface area contributed by atoms with Crippen molar-refractivity contribution in [2.24, 2.45) is 9.98 Å². The molecule has 0 radical (unpaired) electrons. The van der Waals surface area contributed by atoms with Gasteiger partial charge in [-0.15, -0.1) is 11.3 Å². The predicted molar refractivity (Wildman–Crippen MR) is 161 cm³/mol. The SMILES string of the molecule is COc1ccc(NC2=Nc3ccccc3N3C2=Nc2c(c(C)nn2-c2ccccc2)C3c2cccs2)cc1OC. The summed E-state index contributed by atoms with van der Waals surface area (Å²) >= 11 is 1.73. The van der Waals surface area contributed by atoms with Crippen molar-refractivity contribution in [1.29, 1.82) is 0 Å². The highest BCUT2D eigenvalue weighted by Gasteiger charge is 2.41. The van der Waals surface area contributed by atoms with Crippen LogP contribution >= 0.6 is 11.3 Å². The third-order valence-corrected chi connectivity index (χ3v) is 8.02. The molecule has 4 heterocycles. The third-order valence-electron chi connectivity index (χ3n) is 7.10. The van der Waals surface area contributed by atoms with Gasteiger partial charge in [-0.05, 0) is 54.8 Å². The summed E-state index contributed by atoms with van der Waals surface area (Å²) in [6.45, 7) is 2.06. The summed E-state index contributed by atoms with van der Waals surface area (Å²) in [4.78, 5) is 13.8. The van der Waals surface area contributed by atoms with Crippen molar-refractivity contribution in [2.45, 2.75) is 13.0 Å². The Bertz CT molecular complexity index is 1780. The van der Waals surface area contributed by atoms with Gasteiger partial charge in [0.1, 0.15) is 6.04 Å². The molecule has 0 aliphatic carbocycles. The van der Waals surface area contributed by atoms with Crippen molar-refractivity contribution >= 4 is 45.9 Å². The molecule has 0 fully saturated rings. The molecule has 8 nitrogen and oxygen atoms in total. The van der Waals surface area contributed by atoms with Gasteiger partial charge in [-0.2, -0.15) is 5.10 Å². The van der Waals surface area contributed by atoms with E-state index in [4.69, 9.17) is 24.6 Å². The molecule has 0 saturated carbocycles. The van der Waals surface area contributed by atoms with Crippen molar-refractivity contribution in [3.63, 3.8) is 0 Å². The maximum atomic E-state index is 5.55. The van der Waals surface area contributed by atoms with Gasteiger partial charge in [0.25, 0.3) is 0 Å². The van der Waals surface area contributed by atoms with E-state index in [2.05, 4.69) is 40.7 Å². The molecule has 40 heavy (non-hydrogen) atoms. The number of methoxy groups -OCH3 is 2. The van der Waals surface area contributed by atoms with Crippen molar-refractivity contribution < 1.29 is 9.47 Å². The normalized spacial score (nSPS) is 15.4. The van der Waals surface area contributed by atoms with Gasteiger partial charge in [0.05, 0.1) is 37.0 Å². The Morgan fingerprint density at radius 2 is 1.65 bits per heavy atom. The minimum Gasteiger partial charge on any atom is -0.493 e. The van der Waals surface area contributed by atoms with Crippen LogP contribution in [0.15, 0.2) is 100 Å². The van der Waals surface area contributed by atoms with E-state index in [0.717, 1.165) is 45.7 Å². The van der Waals surface area contributed by atoms with Gasteiger partial charge in [0.15, 0.2) is 29.0 Å². The molecule has 1 atom stereocenters. The van der Waals surface area contributed by atoms with Gasteiger partial charge < -0.3 is 19.7 Å². The number of hydrogen-bond acceptors (Lipinski definition) is 8. The van der Waals surface area contributed by atoms with Gasteiger partial charge in [0, 0.05) is 22.2 Å². The maximum Gasteiger partial charge on any atom is 0.179 e. The summed E-state index contributed by atoms with van der Waals surface area (Å²) in [7, 11) is 3.26. The Hall–Kier alpha value is -4.89. The standard InChI is InChI=1S/C31H26N6O2S/c1-19-27-28(26-14-9-17-40-26)36-23-13-8-7-12-22(23)33-29(32-20-15-16-24(38-2)25(18-20)39-3)31(36)34-30(27)37(35-19)21-10-5-4-6-11-21/h4-18,28H,1-3H3,(H,32,33). The molecule has 1 unspecified atom stereocenters. The van der Waals surface area contributed by atoms with Crippen LogP contribution in [0.1, 0.15) is 22.2 Å². The number of rotatable bonds is 5. The molecular weight excluding hydrogens is 520 g/mol. The minimum atomic E-state index is -0.126. The summed E-state index contributed by atoms with van der Waals surface area (Å²) < 4.78 is 12.9. The second kappa shape index (κ2) is 9.69. The number of benzene rings is 3. The van der Waals surface area contributed by atoms with E-state index in [1.54, 1.807) is 25.6 Å². The topological polar surface area (TPSA) is 76.3 Å². The molecular formula is C31H26N6O2S. The van der Waals surface area contributed by atoms with E-state index in [-0.39, 0.29) is 6.04 Å². The first-order valence-electron chi connectivity index (χ1n) is 12.9. The number of aryl methyl sites for hydroxylation is 1. The van der Waals surface area contributed by atoms with Crippen LogP contribution in [0.25, 0.3) is 5.69 Å². The van der Waals surface area contributed by atoms with Crippen molar-refractivity contribution in [3.05, 3.63) is 106 Å². The van der Waals surface area contributed by atoms with E-state index < -0.39 is 0 Å². The smallest absolute Gasteiger partial charge is 0.179 e. The Morgan fingerprint density at radius 3 is 2.42 bits per heavy atom. The van der Waals surface area contributed by atoms with Crippen molar-refractivity contribution in [1.82, 2.24) is 9.78 Å². The molecule has 1 N–H and O–H groups in total. The van der Waals surface area contributed by atoms with E-state index in [1.807, 2.05) is 71.4 Å². The predicted octanol–water partition coefficient (Wildman–Crippen LogP) is 7.05. The molecule has 2 aliphatic rings. The van der Waals surface area contributed by atoms with Crippen LogP contribution in [0.5, 0.6) is 11.5 Å². The van der Waals surface area contributed by atoms with Crippen LogP contribution in [0.2, 0.25) is 0 Å². The molecule has 2 aliphatic heterocycles. The maximum absolute atomic E-state index is 5.55. The van der Waals surface area contributed by atoms with Crippen LogP contribution < -0.4 is 19.7 Å². The van der Waals surface area contributed by atoms with Crippen LogP contribution in [0.4, 0.5) is 22.9 Å². The molecule has 198 valence electrons. The number of amidine groups is 2. The molecule has 7 rings (SSSR count). The van der Waals surface area contributed by atoms with Crippen LogP contribution in [0.3, 0.4) is 0 Å². The first-order chi connectivity index (χ1) is 19.7. The third kappa shape index (κ3) is 3.85. The molecule has 0 spiro atoms. The van der Waals surface area contributed by atoms with Gasteiger partial charge in [-0.25, -0.2) is 14.7 Å². The highest BCUT2D eigenvalue weighted by atomic mass is 32.1. The number of aromatic nitrogens is 2. The molecule has 5 aromatic rings. The highest BCUT2D eigenvalue weighted by Crippen LogP contribution is 2.49. The lowest BCUT2D eigenvalue weighted by Crippen LogP contribution is -2.46. The Morgan fingerprint density at radius 1 is 0.850 bits per heavy atom. The number of aliphatic imine (C=N–C) groups is 2. The fraction of sp³-hybridized carbons (Fsp3) is 0.129. The number of hydrogen-bond donors (Lipinski definition) is 1. The number of nitrogens with zero attached hydrogens (tertiary/aromatic N) is 5. The number of para-hydroxylation sites is 3. The summed E-state index contributed by atoms with van der Waals surface area (Å²) in [5.41, 5.74) is 5.64. The van der Waals surface area contributed by atoms with E-state index in [9.17, 15) is 0 Å². The Kier molecular flexibility index (Phi) is 5.86. The lowest BCUT2D eigenvalue weighted by Gasteiger charge is -2.40. The first kappa shape index (κ1) is 24.2. The zero-order chi connectivity index (χ0) is 27.2. The lowest BCUT2D eigenvalue weighted by atomic mass is 9.98. The molecule has 0 saturated heterocycles. The largest absolute Gasteiger partial charge is 0.493 e. The molecule has 0 bridgehead atoms. The average Bonchev–Trinajstić information content (AvgIpc) is 3.65. The fourth-order valence-electron chi connectivity index (χ4n) is 5.31. The van der Waals surface area contributed by atoms with Crippen molar-refractivity contribution in [3.8, 4) is 17.2 Å². The summed E-state index contributed by atoms with van der Waals surface area (Å²) in [5.74, 6) is 3.44. The number of thiophene rings is 1. The lowest BCUT2D eigenvalue weighted by molar-refractivity contribution is 0.355. The summed E-state index contributed by atoms with van der Waals surface area (Å²) in [6, 6.07) is 28.2. The number of anilines is 2. The van der Waals surface area contributed by atoms with Crippen LogP contribution in [-0.4, -0.2) is 35.7 Å². The first-order valence-corrected chi connectivity index (χ1v) is 13.8. The quantitative estimate of drug-likeness (QED) is 0.256. The monoisotopic (exact) mass is 546 g/mol. The second-order valence-electron chi connectivity index (χ2n) is 9.44.